The number of nitrogens with one attached hydrogen (secondary N) is 4. The van der Waals surface area contributed by atoms with E-state index in [1.54, 1.807) is 0 Å². The summed E-state index contributed by atoms with van der Waals surface area (Å²) in [5.41, 5.74) is 9.01. The SMILES string of the molecule is CC(Nc1ccc(Nc2ccccc2)cc1)c1cccc(C(C)Nc2ccc(Nc3ccccc3)cc2)c1. The fourth-order valence-electron chi connectivity index (χ4n) is 4.44. The molecule has 4 N–H and O–H groups in total. The summed E-state index contributed by atoms with van der Waals surface area (Å²) < 4.78 is 0. The highest BCUT2D eigenvalue weighted by Gasteiger charge is 2.10. The highest BCUT2D eigenvalue weighted by Crippen LogP contribution is 2.27. The number of rotatable bonds is 10. The molecule has 0 radical (unpaired) electrons. The van der Waals surface area contributed by atoms with Crippen LogP contribution in [0.4, 0.5) is 34.1 Å². The second-order valence-electron chi connectivity index (χ2n) is 9.54. The molecule has 5 aromatic carbocycles. The molecule has 190 valence electrons. The molecule has 4 nitrogen and oxygen atoms in total. The molecule has 0 spiro atoms. The molecular formula is C34H34N4. The molecule has 5 rings (SSSR count). The number of hydrogen-bond acceptors (Lipinski definition) is 4. The summed E-state index contributed by atoms with van der Waals surface area (Å²) in [6, 6.07) is 46.5. The van der Waals surface area contributed by atoms with Gasteiger partial charge in [-0.3, -0.25) is 0 Å². The van der Waals surface area contributed by atoms with Gasteiger partial charge in [-0.25, -0.2) is 0 Å². The summed E-state index contributed by atoms with van der Waals surface area (Å²) in [6.07, 6.45) is 0. The molecule has 0 aromatic heterocycles. The molecule has 38 heavy (non-hydrogen) atoms. The highest BCUT2D eigenvalue weighted by atomic mass is 14.9. The van der Waals surface area contributed by atoms with Gasteiger partial charge < -0.3 is 21.3 Å². The standard InChI is InChI=1S/C34H34N4/c1-25(35-31-16-20-33(21-17-31)37-29-12-5-3-6-13-29)27-10-9-11-28(24-27)26(2)36-32-18-22-34(23-19-32)38-30-14-7-4-8-15-30/h3-26,35-38H,1-2H3. The Morgan fingerprint density at radius 2 is 0.711 bits per heavy atom. The Labute approximate surface area is 225 Å². The van der Waals surface area contributed by atoms with Gasteiger partial charge in [-0.05, 0) is 97.8 Å². The van der Waals surface area contributed by atoms with Crippen molar-refractivity contribution in [3.63, 3.8) is 0 Å². The summed E-state index contributed by atoms with van der Waals surface area (Å²) in [7, 11) is 0. The van der Waals surface area contributed by atoms with Crippen molar-refractivity contribution in [2.75, 3.05) is 21.3 Å². The zero-order valence-electron chi connectivity index (χ0n) is 21.9. The van der Waals surface area contributed by atoms with E-state index in [-0.39, 0.29) is 12.1 Å². The maximum atomic E-state index is 3.64. The molecular weight excluding hydrogens is 464 g/mol. The van der Waals surface area contributed by atoms with Crippen LogP contribution in [0.3, 0.4) is 0 Å². The first kappa shape index (κ1) is 25.0. The molecule has 0 aliphatic carbocycles. The van der Waals surface area contributed by atoms with E-state index in [1.165, 1.54) is 11.1 Å². The van der Waals surface area contributed by atoms with Gasteiger partial charge in [0.2, 0.25) is 0 Å². The Morgan fingerprint density at radius 1 is 0.368 bits per heavy atom. The van der Waals surface area contributed by atoms with Crippen molar-refractivity contribution in [2.45, 2.75) is 25.9 Å². The minimum Gasteiger partial charge on any atom is -0.379 e. The molecule has 0 bridgehead atoms. The summed E-state index contributed by atoms with van der Waals surface area (Å²) in [5.74, 6) is 0. The first-order chi connectivity index (χ1) is 18.6. The van der Waals surface area contributed by atoms with Crippen molar-refractivity contribution in [2.24, 2.45) is 0 Å². The van der Waals surface area contributed by atoms with Gasteiger partial charge in [0.05, 0.1) is 0 Å². The summed E-state index contributed by atoms with van der Waals surface area (Å²) in [4.78, 5) is 0. The average molecular weight is 499 g/mol. The van der Waals surface area contributed by atoms with Crippen molar-refractivity contribution in [3.8, 4) is 0 Å². The largest absolute Gasteiger partial charge is 0.379 e. The van der Waals surface area contributed by atoms with Gasteiger partial charge in [-0.2, -0.15) is 0 Å². The maximum absolute atomic E-state index is 3.64. The van der Waals surface area contributed by atoms with Crippen molar-refractivity contribution in [1.82, 2.24) is 0 Å². The third-order valence-corrected chi connectivity index (χ3v) is 6.57. The Bertz CT molecular complexity index is 1310. The predicted octanol–water partition coefficient (Wildman–Crippen LogP) is 9.52. The van der Waals surface area contributed by atoms with Crippen LogP contribution in [0, 0.1) is 0 Å². The fraction of sp³-hybridized carbons (Fsp3) is 0.118. The number of anilines is 6. The second kappa shape index (κ2) is 12.0. The fourth-order valence-corrected chi connectivity index (χ4v) is 4.44. The third kappa shape index (κ3) is 6.74. The Hall–Kier alpha value is -4.70. The first-order valence-corrected chi connectivity index (χ1v) is 13.1. The number of para-hydroxylation sites is 2. The Balaban J connectivity index is 1.18. The van der Waals surface area contributed by atoms with E-state index in [0.29, 0.717) is 0 Å². The van der Waals surface area contributed by atoms with E-state index in [1.807, 2.05) is 36.4 Å². The average Bonchev–Trinajstić information content (AvgIpc) is 2.96. The van der Waals surface area contributed by atoms with E-state index in [9.17, 15) is 0 Å². The topological polar surface area (TPSA) is 48.1 Å². The lowest BCUT2D eigenvalue weighted by molar-refractivity contribution is 0.852. The zero-order valence-corrected chi connectivity index (χ0v) is 21.9. The monoisotopic (exact) mass is 498 g/mol. The smallest absolute Gasteiger partial charge is 0.0485 e. The van der Waals surface area contributed by atoms with Crippen LogP contribution in [0.5, 0.6) is 0 Å². The van der Waals surface area contributed by atoms with Crippen molar-refractivity contribution < 1.29 is 0 Å². The van der Waals surface area contributed by atoms with E-state index in [4.69, 9.17) is 0 Å². The van der Waals surface area contributed by atoms with E-state index in [0.717, 1.165) is 34.1 Å². The molecule has 4 heteroatoms. The predicted molar refractivity (Wildman–Crippen MR) is 163 cm³/mol. The molecule has 0 heterocycles. The zero-order chi connectivity index (χ0) is 26.2. The molecule has 2 unspecified atom stereocenters. The van der Waals surface area contributed by atoms with Crippen molar-refractivity contribution in [1.29, 1.82) is 0 Å². The minimum atomic E-state index is 0.179. The summed E-state index contributed by atoms with van der Waals surface area (Å²) in [5, 5.41) is 14.1. The van der Waals surface area contributed by atoms with Crippen LogP contribution < -0.4 is 21.3 Å². The van der Waals surface area contributed by atoms with Gasteiger partial charge in [0.25, 0.3) is 0 Å². The quantitative estimate of drug-likeness (QED) is 0.155. The minimum absolute atomic E-state index is 0.179. The lowest BCUT2D eigenvalue weighted by Crippen LogP contribution is -2.10. The van der Waals surface area contributed by atoms with Gasteiger partial charge >= 0.3 is 0 Å². The van der Waals surface area contributed by atoms with Gasteiger partial charge in [0.1, 0.15) is 0 Å². The lowest BCUT2D eigenvalue weighted by atomic mass is 10.0. The molecule has 0 saturated heterocycles. The normalized spacial score (nSPS) is 12.3. The van der Waals surface area contributed by atoms with Crippen LogP contribution in [-0.2, 0) is 0 Å². The molecule has 0 fully saturated rings. The Kier molecular flexibility index (Phi) is 7.90. The van der Waals surface area contributed by atoms with Crippen LogP contribution in [0.1, 0.15) is 37.1 Å². The van der Waals surface area contributed by atoms with Crippen LogP contribution in [-0.4, -0.2) is 0 Å². The molecule has 0 aliphatic rings. The number of benzene rings is 5. The molecule has 0 saturated carbocycles. The molecule has 5 aromatic rings. The van der Waals surface area contributed by atoms with Crippen LogP contribution >= 0.6 is 0 Å². The van der Waals surface area contributed by atoms with Crippen molar-refractivity contribution in [3.05, 3.63) is 145 Å². The summed E-state index contributed by atoms with van der Waals surface area (Å²) >= 11 is 0. The van der Waals surface area contributed by atoms with E-state index >= 15 is 0 Å². The van der Waals surface area contributed by atoms with Gasteiger partial charge in [0, 0.05) is 46.2 Å². The van der Waals surface area contributed by atoms with E-state index in [2.05, 4.69) is 132 Å². The van der Waals surface area contributed by atoms with Crippen LogP contribution in [0.2, 0.25) is 0 Å². The molecule has 0 amide bonds. The first-order valence-electron chi connectivity index (χ1n) is 13.1. The Morgan fingerprint density at radius 3 is 1.11 bits per heavy atom. The third-order valence-electron chi connectivity index (χ3n) is 6.57. The summed E-state index contributed by atoms with van der Waals surface area (Å²) in [6.45, 7) is 4.40. The number of hydrogen-bond donors (Lipinski definition) is 4. The van der Waals surface area contributed by atoms with Crippen LogP contribution in [0.25, 0.3) is 0 Å². The maximum Gasteiger partial charge on any atom is 0.0485 e. The van der Waals surface area contributed by atoms with Gasteiger partial charge in [-0.1, -0.05) is 60.7 Å². The van der Waals surface area contributed by atoms with E-state index < -0.39 is 0 Å². The second-order valence-corrected chi connectivity index (χ2v) is 9.54. The van der Waals surface area contributed by atoms with Gasteiger partial charge in [-0.15, -0.1) is 0 Å². The van der Waals surface area contributed by atoms with Crippen LogP contribution in [0.15, 0.2) is 133 Å². The highest BCUT2D eigenvalue weighted by molar-refractivity contribution is 5.63. The molecule has 2 atom stereocenters. The van der Waals surface area contributed by atoms with Crippen molar-refractivity contribution >= 4 is 34.1 Å². The van der Waals surface area contributed by atoms with Gasteiger partial charge in [0.15, 0.2) is 0 Å². The molecule has 0 aliphatic heterocycles. The lowest BCUT2D eigenvalue weighted by Gasteiger charge is -2.20.